The van der Waals surface area contributed by atoms with E-state index in [1.54, 1.807) is 45.0 Å². The molecule has 1 atom stereocenters. The average Bonchev–Trinajstić information content (AvgIpc) is 2.35. The standard InChI is InChI=1S/C13H21N3O4S/c1-9(2)20-13(17)15-21(18,19)16(4)10(3)11-6-5-7-12(14)8-11/h5-10H,14H2,1-4H3,(H,15,17). The van der Waals surface area contributed by atoms with E-state index in [-0.39, 0.29) is 0 Å². The van der Waals surface area contributed by atoms with Crippen molar-refractivity contribution >= 4 is 22.0 Å². The summed E-state index contributed by atoms with van der Waals surface area (Å²) in [7, 11) is -2.62. The third kappa shape index (κ3) is 4.91. The summed E-state index contributed by atoms with van der Waals surface area (Å²) in [5, 5.41) is 0. The molecule has 1 amide bonds. The van der Waals surface area contributed by atoms with Crippen molar-refractivity contribution < 1.29 is 17.9 Å². The molecule has 1 rings (SSSR count). The van der Waals surface area contributed by atoms with Crippen molar-refractivity contribution in [2.75, 3.05) is 12.8 Å². The first-order valence-corrected chi connectivity index (χ1v) is 7.89. The number of amides is 1. The number of carbonyl (C=O) groups is 1. The number of nitrogens with one attached hydrogen (secondary N) is 1. The minimum Gasteiger partial charge on any atom is -0.446 e. The topological polar surface area (TPSA) is 102 Å². The zero-order valence-corrected chi connectivity index (χ0v) is 13.3. The lowest BCUT2D eigenvalue weighted by molar-refractivity contribution is 0.121. The molecular weight excluding hydrogens is 294 g/mol. The van der Waals surface area contributed by atoms with Gasteiger partial charge in [-0.25, -0.2) is 9.52 Å². The number of nitrogen functional groups attached to an aromatic ring is 1. The Morgan fingerprint density at radius 1 is 1.33 bits per heavy atom. The van der Waals surface area contributed by atoms with Crippen molar-refractivity contribution in [2.24, 2.45) is 0 Å². The van der Waals surface area contributed by atoms with Gasteiger partial charge < -0.3 is 10.5 Å². The van der Waals surface area contributed by atoms with Gasteiger partial charge in [0, 0.05) is 18.8 Å². The van der Waals surface area contributed by atoms with Crippen LogP contribution in [0.4, 0.5) is 10.5 Å². The van der Waals surface area contributed by atoms with Crippen LogP contribution in [0.25, 0.3) is 0 Å². The van der Waals surface area contributed by atoms with Gasteiger partial charge in [-0.05, 0) is 38.5 Å². The quantitative estimate of drug-likeness (QED) is 0.804. The maximum Gasteiger partial charge on any atom is 0.422 e. The fourth-order valence-corrected chi connectivity index (χ4v) is 2.59. The van der Waals surface area contributed by atoms with Crippen molar-refractivity contribution in [2.45, 2.75) is 32.9 Å². The maximum atomic E-state index is 12.1. The Kier molecular flexibility index (Phi) is 5.56. The summed E-state index contributed by atoms with van der Waals surface area (Å²) in [4.78, 5) is 11.4. The monoisotopic (exact) mass is 315 g/mol. The number of carbonyl (C=O) groups excluding carboxylic acids is 1. The summed E-state index contributed by atoms with van der Waals surface area (Å²) in [6, 6.07) is 6.41. The van der Waals surface area contributed by atoms with Crippen molar-refractivity contribution in [3.63, 3.8) is 0 Å². The molecule has 3 N–H and O–H groups in total. The molecule has 0 aliphatic rings. The van der Waals surface area contributed by atoms with Crippen molar-refractivity contribution in [3.05, 3.63) is 29.8 Å². The molecule has 1 unspecified atom stereocenters. The molecule has 8 heteroatoms. The van der Waals surface area contributed by atoms with E-state index in [4.69, 9.17) is 10.5 Å². The van der Waals surface area contributed by atoms with E-state index in [0.717, 1.165) is 9.87 Å². The van der Waals surface area contributed by atoms with E-state index in [0.29, 0.717) is 5.69 Å². The number of hydrogen-bond acceptors (Lipinski definition) is 5. The highest BCUT2D eigenvalue weighted by atomic mass is 32.2. The fraction of sp³-hybridized carbons (Fsp3) is 0.462. The highest BCUT2D eigenvalue weighted by molar-refractivity contribution is 7.87. The minimum atomic E-state index is -4.00. The summed E-state index contributed by atoms with van der Waals surface area (Å²) >= 11 is 0. The van der Waals surface area contributed by atoms with Gasteiger partial charge in [-0.1, -0.05) is 12.1 Å². The second kappa shape index (κ2) is 6.77. The van der Waals surface area contributed by atoms with E-state index in [1.165, 1.54) is 7.05 Å². The van der Waals surface area contributed by atoms with E-state index in [1.807, 2.05) is 4.72 Å². The van der Waals surface area contributed by atoms with Gasteiger partial charge in [0.1, 0.15) is 0 Å². The van der Waals surface area contributed by atoms with E-state index in [2.05, 4.69) is 0 Å². The van der Waals surface area contributed by atoms with Crippen LogP contribution in [-0.4, -0.2) is 32.0 Å². The number of anilines is 1. The van der Waals surface area contributed by atoms with Gasteiger partial charge in [0.25, 0.3) is 0 Å². The Balaban J connectivity index is 2.85. The van der Waals surface area contributed by atoms with Crippen LogP contribution in [0.15, 0.2) is 24.3 Å². The van der Waals surface area contributed by atoms with Gasteiger partial charge >= 0.3 is 16.3 Å². The third-order valence-corrected chi connectivity index (χ3v) is 4.37. The van der Waals surface area contributed by atoms with Crippen LogP contribution in [0, 0.1) is 0 Å². The van der Waals surface area contributed by atoms with Crippen LogP contribution >= 0.6 is 0 Å². The second-order valence-electron chi connectivity index (χ2n) is 4.92. The predicted octanol–water partition coefficient (Wildman–Crippen LogP) is 1.64. The zero-order valence-electron chi connectivity index (χ0n) is 12.5. The Hall–Kier alpha value is -1.80. The molecular formula is C13H21N3O4S. The molecule has 21 heavy (non-hydrogen) atoms. The van der Waals surface area contributed by atoms with E-state index in [9.17, 15) is 13.2 Å². The normalized spacial score (nSPS) is 13.2. The first-order valence-electron chi connectivity index (χ1n) is 6.45. The molecule has 0 heterocycles. The first-order chi connectivity index (χ1) is 9.63. The molecule has 1 aromatic rings. The van der Waals surface area contributed by atoms with Crippen LogP contribution in [0.1, 0.15) is 32.4 Å². The number of nitrogens with two attached hydrogens (primary N) is 1. The Bertz CT molecular complexity index is 601. The zero-order chi connectivity index (χ0) is 16.2. The smallest absolute Gasteiger partial charge is 0.422 e. The van der Waals surface area contributed by atoms with Gasteiger partial charge in [0.2, 0.25) is 0 Å². The Morgan fingerprint density at radius 3 is 2.48 bits per heavy atom. The highest BCUT2D eigenvalue weighted by Gasteiger charge is 2.27. The summed E-state index contributed by atoms with van der Waals surface area (Å²) in [6.45, 7) is 4.96. The fourth-order valence-electron chi connectivity index (χ4n) is 1.65. The van der Waals surface area contributed by atoms with Crippen molar-refractivity contribution in [1.29, 1.82) is 0 Å². The summed E-state index contributed by atoms with van der Waals surface area (Å²) in [5.74, 6) is 0. The number of ether oxygens (including phenoxy) is 1. The largest absolute Gasteiger partial charge is 0.446 e. The SMILES string of the molecule is CC(C)OC(=O)NS(=O)(=O)N(C)C(C)c1cccc(N)c1. The van der Waals surface area contributed by atoms with Gasteiger partial charge in [-0.15, -0.1) is 0 Å². The lowest BCUT2D eigenvalue weighted by atomic mass is 10.1. The maximum absolute atomic E-state index is 12.1. The first kappa shape index (κ1) is 17.3. The number of nitrogens with zero attached hydrogens (tertiary/aromatic N) is 1. The minimum absolute atomic E-state index is 0.406. The lowest BCUT2D eigenvalue weighted by Gasteiger charge is -2.24. The molecule has 0 aromatic heterocycles. The number of hydrogen-bond donors (Lipinski definition) is 2. The average molecular weight is 315 g/mol. The Morgan fingerprint density at radius 2 is 1.95 bits per heavy atom. The van der Waals surface area contributed by atoms with Gasteiger partial charge in [-0.2, -0.15) is 12.7 Å². The summed E-state index contributed by atoms with van der Waals surface area (Å²) < 4.78 is 31.9. The van der Waals surface area contributed by atoms with Crippen LogP contribution in [0.3, 0.4) is 0 Å². The number of benzene rings is 1. The molecule has 0 spiro atoms. The van der Waals surface area contributed by atoms with Crippen molar-refractivity contribution in [3.8, 4) is 0 Å². The summed E-state index contributed by atoms with van der Waals surface area (Å²) in [6.07, 6.45) is -1.41. The molecule has 1 aromatic carbocycles. The van der Waals surface area contributed by atoms with Gasteiger partial charge in [0.15, 0.2) is 0 Å². The molecule has 0 saturated carbocycles. The highest BCUT2D eigenvalue weighted by Crippen LogP contribution is 2.22. The molecule has 0 fully saturated rings. The van der Waals surface area contributed by atoms with Crippen LogP contribution in [0.5, 0.6) is 0 Å². The van der Waals surface area contributed by atoms with Crippen molar-refractivity contribution in [1.82, 2.24) is 9.03 Å². The van der Waals surface area contributed by atoms with Crippen LogP contribution in [-0.2, 0) is 14.9 Å². The molecule has 7 nitrogen and oxygen atoms in total. The molecule has 0 saturated heterocycles. The molecule has 118 valence electrons. The molecule has 0 bridgehead atoms. The van der Waals surface area contributed by atoms with E-state index >= 15 is 0 Å². The Labute approximate surface area is 125 Å². The van der Waals surface area contributed by atoms with E-state index < -0.39 is 28.4 Å². The van der Waals surface area contributed by atoms with Crippen LogP contribution < -0.4 is 10.5 Å². The molecule has 0 aliphatic carbocycles. The lowest BCUT2D eigenvalue weighted by Crippen LogP contribution is -2.43. The van der Waals surface area contributed by atoms with Crippen LogP contribution in [0.2, 0.25) is 0 Å². The predicted molar refractivity (Wildman–Crippen MR) is 80.7 cm³/mol. The summed E-state index contributed by atoms with van der Waals surface area (Å²) in [5.41, 5.74) is 6.94. The molecule has 0 aliphatic heterocycles. The molecule has 0 radical (unpaired) electrons. The van der Waals surface area contributed by atoms with Gasteiger partial charge in [0.05, 0.1) is 6.10 Å². The second-order valence-corrected chi connectivity index (χ2v) is 6.65. The van der Waals surface area contributed by atoms with Gasteiger partial charge in [-0.3, -0.25) is 0 Å². The number of rotatable bonds is 5. The third-order valence-electron chi connectivity index (χ3n) is 2.87.